The van der Waals surface area contributed by atoms with E-state index in [0.29, 0.717) is 6.04 Å². The number of nitrogens with one attached hydrogen (secondary N) is 1. The van der Waals surface area contributed by atoms with Crippen LogP contribution in [0.25, 0.3) is 5.70 Å². The number of hydrogen-bond acceptors (Lipinski definition) is 4. The lowest BCUT2D eigenvalue weighted by Crippen LogP contribution is -2.40. The Kier molecular flexibility index (Phi) is 6.34. The highest BCUT2D eigenvalue weighted by Gasteiger charge is 2.39. The van der Waals surface area contributed by atoms with E-state index in [2.05, 4.69) is 48.8 Å². The van der Waals surface area contributed by atoms with Gasteiger partial charge in [-0.1, -0.05) is 13.8 Å². The maximum atomic E-state index is 12.5. The molecule has 0 bridgehead atoms. The van der Waals surface area contributed by atoms with Crippen molar-refractivity contribution in [2.75, 3.05) is 20.1 Å². The van der Waals surface area contributed by atoms with E-state index in [4.69, 9.17) is 4.74 Å². The summed E-state index contributed by atoms with van der Waals surface area (Å²) in [5, 5.41) is 1.19. The Morgan fingerprint density at radius 3 is 2.83 bits per heavy atom. The topological polar surface area (TPSA) is 60.9 Å². The van der Waals surface area contributed by atoms with E-state index in [1.165, 1.54) is 16.5 Å². The summed E-state index contributed by atoms with van der Waals surface area (Å²) in [5.41, 5.74) is 3.24. The van der Waals surface area contributed by atoms with Gasteiger partial charge in [0.1, 0.15) is 11.1 Å². The number of likely N-dealkylation sites (tertiary alicyclic amines) is 1. The fraction of sp³-hybridized carbons (Fsp3) is 0.667. The number of rotatable bonds is 5. The monoisotopic (exact) mass is 414 g/mol. The number of ether oxygens (including phenoxy) is 1. The van der Waals surface area contributed by atoms with E-state index < -0.39 is 5.60 Å². The highest BCUT2D eigenvalue weighted by Crippen LogP contribution is 2.37. The smallest absolute Gasteiger partial charge is 0.410 e. The van der Waals surface area contributed by atoms with Crippen molar-refractivity contribution < 1.29 is 9.53 Å². The summed E-state index contributed by atoms with van der Waals surface area (Å²) in [7, 11) is 2.19. The number of carbonyl (C=O) groups excluding carboxylic acids is 1. The summed E-state index contributed by atoms with van der Waals surface area (Å²) < 4.78 is 5.58. The Labute approximate surface area is 180 Å². The van der Waals surface area contributed by atoms with Crippen LogP contribution in [0, 0.1) is 5.41 Å². The molecule has 2 unspecified atom stereocenters. The van der Waals surface area contributed by atoms with Crippen LogP contribution < -0.4 is 10.7 Å². The first-order chi connectivity index (χ1) is 14.0. The predicted octanol–water partition coefficient (Wildman–Crippen LogP) is 3.80. The molecule has 0 aromatic carbocycles. The number of fused-ring (bicyclic) bond motifs is 1. The zero-order valence-electron chi connectivity index (χ0n) is 19.7. The highest BCUT2D eigenvalue weighted by molar-refractivity contribution is 5.68. The molecule has 6 heteroatoms. The third kappa shape index (κ3) is 5.08. The molecule has 1 aromatic rings. The minimum atomic E-state index is -0.455. The molecule has 1 N–H and O–H groups in total. The molecular formula is C24H38N4O2. The third-order valence-corrected chi connectivity index (χ3v) is 6.35. The summed E-state index contributed by atoms with van der Waals surface area (Å²) in [6, 6.07) is 2.48. The molecule has 0 spiro atoms. The molecule has 0 aliphatic carbocycles. The van der Waals surface area contributed by atoms with E-state index in [1.54, 1.807) is 0 Å². The lowest BCUT2D eigenvalue weighted by molar-refractivity contribution is 0.0270. The van der Waals surface area contributed by atoms with Crippen LogP contribution in [0.1, 0.15) is 67.2 Å². The summed E-state index contributed by atoms with van der Waals surface area (Å²) in [4.78, 5) is 24.7. The van der Waals surface area contributed by atoms with Crippen LogP contribution in [-0.2, 0) is 4.74 Å². The van der Waals surface area contributed by atoms with Crippen molar-refractivity contribution in [3.05, 3.63) is 34.7 Å². The van der Waals surface area contributed by atoms with Gasteiger partial charge in [-0.05, 0) is 64.0 Å². The number of carbonyl (C=O) groups is 1. The molecule has 2 aliphatic rings. The minimum Gasteiger partial charge on any atom is -0.444 e. The van der Waals surface area contributed by atoms with Gasteiger partial charge >= 0.3 is 6.09 Å². The van der Waals surface area contributed by atoms with Crippen molar-refractivity contribution in [2.24, 2.45) is 10.4 Å². The number of hydrogen-bond donors (Lipinski definition) is 1. The van der Waals surface area contributed by atoms with Gasteiger partial charge in [-0.15, -0.1) is 0 Å². The second-order valence-corrected chi connectivity index (χ2v) is 10.3. The number of nitrogens with zero attached hydrogens (tertiary/aromatic N) is 3. The van der Waals surface area contributed by atoms with Gasteiger partial charge < -0.3 is 19.5 Å². The van der Waals surface area contributed by atoms with E-state index in [0.717, 1.165) is 44.3 Å². The summed E-state index contributed by atoms with van der Waals surface area (Å²) in [5.74, 6) is 0. The van der Waals surface area contributed by atoms with E-state index in [1.807, 2.05) is 38.1 Å². The number of aromatic amines is 1. The van der Waals surface area contributed by atoms with Crippen LogP contribution in [0.2, 0.25) is 0 Å². The first-order valence-electron chi connectivity index (χ1n) is 11.1. The molecule has 166 valence electrons. The lowest BCUT2D eigenvalue weighted by atomic mass is 9.82. The van der Waals surface area contributed by atoms with Crippen LogP contribution in [0.15, 0.2) is 29.0 Å². The Morgan fingerprint density at radius 1 is 1.43 bits per heavy atom. The Hall–Kier alpha value is -2.24. The molecule has 1 fully saturated rings. The zero-order chi connectivity index (χ0) is 22.1. The van der Waals surface area contributed by atoms with Crippen molar-refractivity contribution in [3.63, 3.8) is 0 Å². The van der Waals surface area contributed by atoms with Gasteiger partial charge in [-0.3, -0.25) is 0 Å². The van der Waals surface area contributed by atoms with Gasteiger partial charge in [-0.25, -0.2) is 9.79 Å². The molecule has 0 saturated carbocycles. The maximum absolute atomic E-state index is 12.5. The van der Waals surface area contributed by atoms with Crippen LogP contribution in [0.3, 0.4) is 0 Å². The van der Waals surface area contributed by atoms with E-state index >= 15 is 0 Å². The van der Waals surface area contributed by atoms with E-state index in [-0.39, 0.29) is 11.5 Å². The van der Waals surface area contributed by atoms with Crippen molar-refractivity contribution in [1.29, 1.82) is 0 Å². The largest absolute Gasteiger partial charge is 0.444 e. The summed E-state index contributed by atoms with van der Waals surface area (Å²) >= 11 is 0. The highest BCUT2D eigenvalue weighted by atomic mass is 16.6. The molecule has 2 aliphatic heterocycles. The van der Waals surface area contributed by atoms with Gasteiger partial charge in [0, 0.05) is 55.9 Å². The molecule has 3 rings (SSSR count). The van der Waals surface area contributed by atoms with Crippen LogP contribution in [-0.4, -0.2) is 52.7 Å². The van der Waals surface area contributed by atoms with Crippen molar-refractivity contribution in [1.82, 2.24) is 14.8 Å². The average Bonchev–Trinajstić information content (AvgIpc) is 3.23. The van der Waals surface area contributed by atoms with Gasteiger partial charge in [-0.2, -0.15) is 0 Å². The molecule has 6 nitrogen and oxygen atoms in total. The van der Waals surface area contributed by atoms with Crippen molar-refractivity contribution >= 4 is 11.8 Å². The van der Waals surface area contributed by atoms with Crippen molar-refractivity contribution in [2.45, 2.75) is 78.9 Å². The average molecular weight is 415 g/mol. The first kappa shape index (κ1) is 22.4. The predicted molar refractivity (Wildman–Crippen MR) is 120 cm³/mol. The molecule has 1 aromatic heterocycles. The van der Waals surface area contributed by atoms with Crippen LogP contribution >= 0.6 is 0 Å². The fourth-order valence-electron chi connectivity index (χ4n) is 4.53. The van der Waals surface area contributed by atoms with Crippen LogP contribution in [0.4, 0.5) is 4.79 Å². The Morgan fingerprint density at radius 2 is 2.17 bits per heavy atom. The Balaban J connectivity index is 1.72. The zero-order valence-corrected chi connectivity index (χ0v) is 19.7. The quantitative estimate of drug-likeness (QED) is 0.797. The number of H-pyrrole nitrogens is 1. The standard InChI is InChI=1S/C24H38N4O2/c1-8-18-13-20(19-9-11-25-21(19)26-15-18)27(7)17(2)14-24(6)10-12-28(16-24)22(29)30-23(3,4)5/h9,11,15,17H,8,10,12-14,16H2,1-7H3,(H,25,26). The van der Waals surface area contributed by atoms with Gasteiger partial charge in [0.2, 0.25) is 0 Å². The first-order valence-corrected chi connectivity index (χ1v) is 11.1. The van der Waals surface area contributed by atoms with Gasteiger partial charge in [0.25, 0.3) is 0 Å². The maximum Gasteiger partial charge on any atom is 0.410 e. The SMILES string of the molecule is CCC1=CN=c2[nH]ccc2=C(N(C)C(C)CC2(C)CCN(C(=O)OC(C)(C)C)C2)C1. The number of amides is 1. The van der Waals surface area contributed by atoms with Crippen molar-refractivity contribution in [3.8, 4) is 0 Å². The van der Waals surface area contributed by atoms with E-state index in [9.17, 15) is 4.79 Å². The summed E-state index contributed by atoms with van der Waals surface area (Å²) in [6.07, 6.45) is 7.74. The van der Waals surface area contributed by atoms with Gasteiger partial charge in [0.15, 0.2) is 0 Å². The molecule has 3 heterocycles. The third-order valence-electron chi connectivity index (χ3n) is 6.35. The summed E-state index contributed by atoms with van der Waals surface area (Å²) in [6.45, 7) is 14.0. The molecule has 0 radical (unpaired) electrons. The lowest BCUT2D eigenvalue weighted by Gasteiger charge is -2.35. The van der Waals surface area contributed by atoms with Crippen LogP contribution in [0.5, 0.6) is 0 Å². The molecule has 1 saturated heterocycles. The number of aromatic nitrogens is 1. The normalized spacial score (nSPS) is 22.7. The molecule has 30 heavy (non-hydrogen) atoms. The van der Waals surface area contributed by atoms with Gasteiger partial charge in [0.05, 0.1) is 0 Å². The molecule has 2 atom stereocenters. The Bertz CT molecular complexity index is 924. The minimum absolute atomic E-state index is 0.0879. The fourth-order valence-corrected chi connectivity index (χ4v) is 4.53. The molecular weight excluding hydrogens is 376 g/mol. The second kappa shape index (κ2) is 8.48. The molecule has 1 amide bonds. The second-order valence-electron chi connectivity index (χ2n) is 10.3.